The zero-order valence-corrected chi connectivity index (χ0v) is 11.0. The molecule has 15 heavy (non-hydrogen) atoms. The van der Waals surface area contributed by atoms with Gasteiger partial charge in [-0.2, -0.15) is 0 Å². The van der Waals surface area contributed by atoms with E-state index in [0.29, 0.717) is 0 Å². The molecule has 0 saturated carbocycles. The number of rotatable bonds is 2. The Balaban J connectivity index is 2.41. The van der Waals surface area contributed by atoms with Crippen molar-refractivity contribution in [2.75, 3.05) is 0 Å². The highest BCUT2D eigenvalue weighted by atomic mass is 35.5. The Labute approximate surface area is 103 Å². The van der Waals surface area contributed by atoms with Crippen molar-refractivity contribution in [1.29, 1.82) is 0 Å². The monoisotopic (exact) mass is 257 g/mol. The number of hydrogen-bond acceptors (Lipinski definition) is 3. The van der Waals surface area contributed by atoms with Gasteiger partial charge in [0.1, 0.15) is 0 Å². The summed E-state index contributed by atoms with van der Waals surface area (Å²) in [6.45, 7) is 4.10. The maximum absolute atomic E-state index is 6.21. The standard InChI is InChI=1S/C11H12ClNS2/c1-6-5-15-11(9(6)12)10(13)8-3-4-14-7(8)2/h3-5,10H,13H2,1-2H3. The lowest BCUT2D eigenvalue weighted by Crippen LogP contribution is -2.10. The van der Waals surface area contributed by atoms with Gasteiger partial charge in [0, 0.05) is 9.75 Å². The van der Waals surface area contributed by atoms with Gasteiger partial charge in [-0.15, -0.1) is 22.7 Å². The molecule has 0 saturated heterocycles. The summed E-state index contributed by atoms with van der Waals surface area (Å²) in [5.41, 5.74) is 8.50. The normalized spacial score (nSPS) is 13.1. The molecule has 0 bridgehead atoms. The van der Waals surface area contributed by atoms with Crippen LogP contribution in [0.2, 0.25) is 5.02 Å². The Morgan fingerprint density at radius 1 is 1.33 bits per heavy atom. The molecular weight excluding hydrogens is 246 g/mol. The Morgan fingerprint density at radius 2 is 2.07 bits per heavy atom. The van der Waals surface area contributed by atoms with Crippen molar-refractivity contribution >= 4 is 34.3 Å². The van der Waals surface area contributed by atoms with Gasteiger partial charge < -0.3 is 5.73 Å². The fourth-order valence-electron chi connectivity index (χ4n) is 1.52. The van der Waals surface area contributed by atoms with Crippen LogP contribution in [-0.2, 0) is 0 Å². The van der Waals surface area contributed by atoms with Crippen LogP contribution in [0.3, 0.4) is 0 Å². The molecule has 2 aromatic heterocycles. The van der Waals surface area contributed by atoms with Gasteiger partial charge in [0.05, 0.1) is 11.1 Å². The molecule has 1 nitrogen and oxygen atoms in total. The zero-order chi connectivity index (χ0) is 11.0. The quantitative estimate of drug-likeness (QED) is 0.860. The SMILES string of the molecule is Cc1csc(C(N)c2ccsc2C)c1Cl. The van der Waals surface area contributed by atoms with E-state index in [1.54, 1.807) is 22.7 Å². The van der Waals surface area contributed by atoms with Crippen LogP contribution in [0.1, 0.15) is 26.9 Å². The molecule has 2 N–H and O–H groups in total. The summed E-state index contributed by atoms with van der Waals surface area (Å²) in [5.74, 6) is 0. The fourth-order valence-corrected chi connectivity index (χ4v) is 3.60. The van der Waals surface area contributed by atoms with Gasteiger partial charge >= 0.3 is 0 Å². The van der Waals surface area contributed by atoms with Gasteiger partial charge in [-0.1, -0.05) is 11.6 Å². The molecule has 80 valence electrons. The van der Waals surface area contributed by atoms with E-state index in [-0.39, 0.29) is 6.04 Å². The number of nitrogens with two attached hydrogens (primary N) is 1. The molecule has 0 spiro atoms. The second kappa shape index (κ2) is 4.26. The predicted octanol–water partition coefficient (Wildman–Crippen LogP) is 4.13. The van der Waals surface area contributed by atoms with Crippen LogP contribution in [0.15, 0.2) is 16.8 Å². The van der Waals surface area contributed by atoms with Gasteiger partial charge in [-0.25, -0.2) is 0 Å². The van der Waals surface area contributed by atoms with Crippen LogP contribution in [-0.4, -0.2) is 0 Å². The van der Waals surface area contributed by atoms with Gasteiger partial charge in [0.25, 0.3) is 0 Å². The van der Waals surface area contributed by atoms with E-state index < -0.39 is 0 Å². The molecule has 0 aliphatic carbocycles. The highest BCUT2D eigenvalue weighted by molar-refractivity contribution is 7.11. The van der Waals surface area contributed by atoms with Crippen LogP contribution >= 0.6 is 34.3 Å². The average Bonchev–Trinajstić information content (AvgIpc) is 2.75. The van der Waals surface area contributed by atoms with Gasteiger partial charge in [-0.3, -0.25) is 0 Å². The summed E-state index contributed by atoms with van der Waals surface area (Å²) in [6.07, 6.45) is 0. The molecule has 2 aromatic rings. The van der Waals surface area contributed by atoms with Crippen LogP contribution < -0.4 is 5.73 Å². The lowest BCUT2D eigenvalue weighted by atomic mass is 10.1. The summed E-state index contributed by atoms with van der Waals surface area (Å²) < 4.78 is 0. The largest absolute Gasteiger partial charge is 0.320 e. The lowest BCUT2D eigenvalue weighted by molar-refractivity contribution is 0.890. The van der Waals surface area contributed by atoms with Crippen molar-refractivity contribution in [3.63, 3.8) is 0 Å². The van der Waals surface area contributed by atoms with Crippen molar-refractivity contribution in [3.05, 3.63) is 42.7 Å². The first-order chi connectivity index (χ1) is 7.11. The maximum atomic E-state index is 6.21. The van der Waals surface area contributed by atoms with Gasteiger partial charge in [-0.05, 0) is 41.8 Å². The highest BCUT2D eigenvalue weighted by Gasteiger charge is 2.17. The first-order valence-corrected chi connectivity index (χ1v) is 6.78. The Morgan fingerprint density at radius 3 is 2.53 bits per heavy atom. The van der Waals surface area contributed by atoms with E-state index in [1.807, 2.05) is 6.92 Å². The Bertz CT molecular complexity index is 473. The van der Waals surface area contributed by atoms with Gasteiger partial charge in [0.15, 0.2) is 0 Å². The second-order valence-corrected chi connectivity index (χ2v) is 5.92. The molecule has 0 aliphatic rings. The zero-order valence-electron chi connectivity index (χ0n) is 8.58. The summed E-state index contributed by atoms with van der Waals surface area (Å²) in [7, 11) is 0. The average molecular weight is 258 g/mol. The molecule has 0 aliphatic heterocycles. The molecule has 0 fully saturated rings. The maximum Gasteiger partial charge on any atom is 0.0671 e. The second-order valence-electron chi connectivity index (χ2n) is 3.51. The van der Waals surface area contributed by atoms with E-state index in [9.17, 15) is 0 Å². The molecule has 0 aromatic carbocycles. The van der Waals surface area contributed by atoms with Crippen molar-refractivity contribution in [2.45, 2.75) is 19.9 Å². The topological polar surface area (TPSA) is 26.0 Å². The number of thiophene rings is 2. The van der Waals surface area contributed by atoms with Crippen LogP contribution in [0, 0.1) is 13.8 Å². The molecule has 4 heteroatoms. The number of halogens is 1. The summed E-state index contributed by atoms with van der Waals surface area (Å²) >= 11 is 9.57. The van der Waals surface area contributed by atoms with Crippen LogP contribution in [0.4, 0.5) is 0 Å². The number of hydrogen-bond donors (Lipinski definition) is 1. The third-order valence-corrected chi connectivity index (χ3v) is 5.10. The molecule has 2 heterocycles. The molecule has 1 atom stereocenters. The predicted molar refractivity (Wildman–Crippen MR) is 69.2 cm³/mol. The third-order valence-electron chi connectivity index (χ3n) is 2.44. The minimum absolute atomic E-state index is 0.0811. The van der Waals surface area contributed by atoms with E-state index in [4.69, 9.17) is 17.3 Å². The third kappa shape index (κ3) is 1.97. The fraction of sp³-hybridized carbons (Fsp3) is 0.273. The first-order valence-electron chi connectivity index (χ1n) is 4.64. The molecule has 1 unspecified atom stereocenters. The molecule has 0 amide bonds. The van der Waals surface area contributed by atoms with Gasteiger partial charge in [0.2, 0.25) is 0 Å². The Hall–Kier alpha value is -0.350. The summed E-state index contributed by atoms with van der Waals surface area (Å²) in [5, 5.41) is 4.94. The summed E-state index contributed by atoms with van der Waals surface area (Å²) in [4.78, 5) is 2.33. The van der Waals surface area contributed by atoms with Crippen molar-refractivity contribution in [3.8, 4) is 0 Å². The summed E-state index contributed by atoms with van der Waals surface area (Å²) in [6, 6.07) is 2.00. The van der Waals surface area contributed by atoms with E-state index >= 15 is 0 Å². The van der Waals surface area contributed by atoms with Crippen LogP contribution in [0.5, 0.6) is 0 Å². The Kier molecular flexibility index (Phi) is 3.16. The lowest BCUT2D eigenvalue weighted by Gasteiger charge is -2.10. The minimum Gasteiger partial charge on any atom is -0.320 e. The smallest absolute Gasteiger partial charge is 0.0671 e. The van der Waals surface area contributed by atoms with E-state index in [0.717, 1.165) is 15.5 Å². The van der Waals surface area contributed by atoms with Crippen molar-refractivity contribution in [1.82, 2.24) is 0 Å². The number of aryl methyl sites for hydroxylation is 2. The highest BCUT2D eigenvalue weighted by Crippen LogP contribution is 2.36. The van der Waals surface area contributed by atoms with Crippen LogP contribution in [0.25, 0.3) is 0 Å². The minimum atomic E-state index is -0.0811. The first kappa shape index (κ1) is 11.1. The van der Waals surface area contributed by atoms with E-state index in [2.05, 4.69) is 23.8 Å². The van der Waals surface area contributed by atoms with E-state index in [1.165, 1.54) is 10.4 Å². The van der Waals surface area contributed by atoms with Crippen molar-refractivity contribution in [2.24, 2.45) is 5.73 Å². The van der Waals surface area contributed by atoms with Crippen molar-refractivity contribution < 1.29 is 0 Å². The molecule has 2 rings (SSSR count). The molecular formula is C11H12ClNS2. The molecule has 0 radical (unpaired) electrons.